The van der Waals surface area contributed by atoms with E-state index in [1.54, 1.807) is 13.0 Å². The van der Waals surface area contributed by atoms with Crippen LogP contribution < -0.4 is 0 Å². The van der Waals surface area contributed by atoms with Crippen molar-refractivity contribution in [3.63, 3.8) is 0 Å². The topological polar surface area (TPSA) is 112 Å². The summed E-state index contributed by atoms with van der Waals surface area (Å²) in [6, 6.07) is 0. The number of carbonyl (C=O) groups is 3. The number of aliphatic hydroxyl groups is 3. The van der Waals surface area contributed by atoms with Crippen molar-refractivity contribution < 1.29 is 29.7 Å². The molecule has 27 heavy (non-hydrogen) atoms. The lowest BCUT2D eigenvalue weighted by atomic mass is 9.46. The minimum atomic E-state index is -2.09. The van der Waals surface area contributed by atoms with Gasteiger partial charge in [0.15, 0.2) is 17.2 Å². The zero-order chi connectivity index (χ0) is 19.8. The summed E-state index contributed by atoms with van der Waals surface area (Å²) < 4.78 is 0. The number of hydrogen-bond acceptors (Lipinski definition) is 6. The second-order valence-electron chi connectivity index (χ2n) is 9.50. The first-order valence-electron chi connectivity index (χ1n) is 9.91. The normalized spacial score (nSPS) is 49.1. The molecule has 4 rings (SSSR count). The Bertz CT molecular complexity index is 756. The van der Waals surface area contributed by atoms with Crippen LogP contribution in [-0.4, -0.2) is 51.0 Å². The molecule has 148 valence electrons. The Hall–Kier alpha value is -1.37. The Balaban J connectivity index is 1.78. The minimum absolute atomic E-state index is 0.000497. The van der Waals surface area contributed by atoms with Crippen LogP contribution in [0.15, 0.2) is 11.6 Å². The number of Topliss-reactive ketones (excluding diaryl/α,β-unsaturated/α-hetero) is 2. The summed E-state index contributed by atoms with van der Waals surface area (Å²) in [5.41, 5.74) is -2.47. The maximum absolute atomic E-state index is 13.3. The monoisotopic (exact) mass is 376 g/mol. The molecule has 3 saturated carbocycles. The average Bonchev–Trinajstić information content (AvgIpc) is 2.82. The number of ketones is 3. The van der Waals surface area contributed by atoms with Crippen molar-refractivity contribution in [1.82, 2.24) is 0 Å². The van der Waals surface area contributed by atoms with Gasteiger partial charge < -0.3 is 15.3 Å². The molecule has 0 unspecified atom stereocenters. The standard InChI is InChI=1S/C21H28O6/c1-19-6-5-12(23)7-11(19)3-4-13-14-8-16(25)21(27,17(26)10-22)20(14,2)9-15(24)18(13)19/h7,13-14,16,18,22,25,27H,3-6,8-10H2,1-2H3/t13-,14-,16+,18+,19-,20-,21-/m0/s1. The van der Waals surface area contributed by atoms with E-state index < -0.39 is 29.5 Å². The number of rotatable bonds is 2. The van der Waals surface area contributed by atoms with E-state index in [0.717, 1.165) is 12.0 Å². The van der Waals surface area contributed by atoms with Gasteiger partial charge in [-0.05, 0) is 49.0 Å². The zero-order valence-electron chi connectivity index (χ0n) is 15.9. The fourth-order valence-electron chi connectivity index (χ4n) is 7.02. The smallest absolute Gasteiger partial charge is 0.192 e. The van der Waals surface area contributed by atoms with Crippen LogP contribution in [0, 0.1) is 28.6 Å². The Morgan fingerprint density at radius 3 is 2.63 bits per heavy atom. The van der Waals surface area contributed by atoms with E-state index in [1.165, 1.54) is 0 Å². The molecule has 0 aromatic carbocycles. The van der Waals surface area contributed by atoms with Gasteiger partial charge >= 0.3 is 0 Å². The second-order valence-corrected chi connectivity index (χ2v) is 9.50. The molecule has 6 heteroatoms. The number of hydrogen-bond donors (Lipinski definition) is 3. The molecule has 0 aliphatic heterocycles. The molecule has 3 N–H and O–H groups in total. The lowest BCUT2D eigenvalue weighted by Crippen LogP contribution is -2.63. The third kappa shape index (κ3) is 2.21. The third-order valence-electron chi connectivity index (χ3n) is 8.44. The van der Waals surface area contributed by atoms with Crippen LogP contribution in [0.3, 0.4) is 0 Å². The zero-order valence-corrected chi connectivity index (χ0v) is 15.9. The molecule has 0 spiro atoms. The predicted octanol–water partition coefficient (Wildman–Crippen LogP) is 0.961. The minimum Gasteiger partial charge on any atom is -0.390 e. The largest absolute Gasteiger partial charge is 0.390 e. The SMILES string of the molecule is C[C@]12CCC(=O)C=C1CC[C@@H]1[C@@H]2C(=O)C[C@@]2(C)[C@H]1C[C@@H](O)[C@]2(O)C(=O)CO. The molecule has 4 aliphatic carbocycles. The first-order chi connectivity index (χ1) is 12.6. The second kappa shape index (κ2) is 5.82. The Morgan fingerprint density at radius 1 is 1.26 bits per heavy atom. The predicted molar refractivity (Wildman–Crippen MR) is 95.5 cm³/mol. The van der Waals surface area contributed by atoms with Gasteiger partial charge in [0, 0.05) is 24.2 Å². The van der Waals surface area contributed by atoms with Crippen LogP contribution in [0.1, 0.15) is 52.4 Å². The molecule has 0 radical (unpaired) electrons. The van der Waals surface area contributed by atoms with Gasteiger partial charge in [-0.1, -0.05) is 19.4 Å². The summed E-state index contributed by atoms with van der Waals surface area (Å²) in [7, 11) is 0. The van der Waals surface area contributed by atoms with Crippen molar-refractivity contribution >= 4 is 17.3 Å². The molecular formula is C21H28O6. The van der Waals surface area contributed by atoms with Crippen molar-refractivity contribution in [2.45, 2.75) is 64.1 Å². The van der Waals surface area contributed by atoms with Crippen LogP contribution in [0.5, 0.6) is 0 Å². The lowest BCUT2D eigenvalue weighted by Gasteiger charge is -2.57. The van der Waals surface area contributed by atoms with Crippen molar-refractivity contribution in [2.24, 2.45) is 28.6 Å². The van der Waals surface area contributed by atoms with Crippen LogP contribution in [0.4, 0.5) is 0 Å². The molecule has 0 heterocycles. The van der Waals surface area contributed by atoms with Crippen molar-refractivity contribution in [3.05, 3.63) is 11.6 Å². The number of fused-ring (bicyclic) bond motifs is 5. The van der Waals surface area contributed by atoms with Crippen molar-refractivity contribution in [3.8, 4) is 0 Å². The lowest BCUT2D eigenvalue weighted by molar-refractivity contribution is -0.180. The summed E-state index contributed by atoms with van der Waals surface area (Å²) in [5, 5.41) is 31.1. The molecule has 6 nitrogen and oxygen atoms in total. The first kappa shape index (κ1) is 19.0. The molecule has 0 aromatic heterocycles. The van der Waals surface area contributed by atoms with Crippen LogP contribution in [0.25, 0.3) is 0 Å². The van der Waals surface area contributed by atoms with E-state index in [4.69, 9.17) is 0 Å². The summed E-state index contributed by atoms with van der Waals surface area (Å²) in [6.07, 6.45) is 3.22. The number of aliphatic hydroxyl groups excluding tert-OH is 2. The van der Waals surface area contributed by atoms with Crippen molar-refractivity contribution in [2.75, 3.05) is 6.61 Å². The average molecular weight is 376 g/mol. The molecule has 4 aliphatic rings. The fourth-order valence-corrected chi connectivity index (χ4v) is 7.02. The van der Waals surface area contributed by atoms with Gasteiger partial charge in [-0.2, -0.15) is 0 Å². The fraction of sp³-hybridized carbons (Fsp3) is 0.762. The molecular weight excluding hydrogens is 348 g/mol. The molecule has 0 amide bonds. The van der Waals surface area contributed by atoms with Gasteiger partial charge in [0.1, 0.15) is 12.4 Å². The number of allylic oxidation sites excluding steroid dienone is 1. The van der Waals surface area contributed by atoms with Gasteiger partial charge in [0.2, 0.25) is 0 Å². The van der Waals surface area contributed by atoms with E-state index in [9.17, 15) is 29.7 Å². The Kier molecular flexibility index (Phi) is 4.09. The highest BCUT2D eigenvalue weighted by molar-refractivity contribution is 5.94. The van der Waals surface area contributed by atoms with Gasteiger partial charge in [-0.25, -0.2) is 0 Å². The maximum Gasteiger partial charge on any atom is 0.192 e. The van der Waals surface area contributed by atoms with Gasteiger partial charge in [0.05, 0.1) is 6.10 Å². The quantitative estimate of drug-likeness (QED) is 0.662. The highest BCUT2D eigenvalue weighted by Gasteiger charge is 2.71. The molecule has 0 saturated heterocycles. The summed E-state index contributed by atoms with van der Waals surface area (Å²) in [6.45, 7) is 2.93. The van der Waals surface area contributed by atoms with E-state index in [2.05, 4.69) is 6.92 Å². The summed E-state index contributed by atoms with van der Waals surface area (Å²) in [4.78, 5) is 37.6. The van der Waals surface area contributed by atoms with E-state index >= 15 is 0 Å². The van der Waals surface area contributed by atoms with Gasteiger partial charge in [0.25, 0.3) is 0 Å². The van der Waals surface area contributed by atoms with Gasteiger partial charge in [-0.15, -0.1) is 0 Å². The van der Waals surface area contributed by atoms with E-state index in [-0.39, 0.29) is 47.6 Å². The van der Waals surface area contributed by atoms with Gasteiger partial charge in [-0.3, -0.25) is 14.4 Å². The third-order valence-corrected chi connectivity index (χ3v) is 8.44. The van der Waals surface area contributed by atoms with Crippen LogP contribution in [0.2, 0.25) is 0 Å². The maximum atomic E-state index is 13.3. The molecule has 0 bridgehead atoms. The molecule has 3 fully saturated rings. The van der Waals surface area contributed by atoms with Crippen LogP contribution >= 0.6 is 0 Å². The Labute approximate surface area is 158 Å². The van der Waals surface area contributed by atoms with Crippen LogP contribution in [-0.2, 0) is 14.4 Å². The number of carbonyl (C=O) groups excluding carboxylic acids is 3. The first-order valence-corrected chi connectivity index (χ1v) is 9.91. The highest BCUT2D eigenvalue weighted by Crippen LogP contribution is 2.66. The van der Waals surface area contributed by atoms with E-state index in [0.29, 0.717) is 19.3 Å². The van der Waals surface area contributed by atoms with E-state index in [1.807, 2.05) is 0 Å². The highest BCUT2D eigenvalue weighted by atomic mass is 16.4. The summed E-state index contributed by atoms with van der Waals surface area (Å²) >= 11 is 0. The molecule has 0 aromatic rings. The summed E-state index contributed by atoms with van der Waals surface area (Å²) in [5.74, 6) is -1.15. The molecule has 7 atom stereocenters. The van der Waals surface area contributed by atoms with Crippen molar-refractivity contribution in [1.29, 1.82) is 0 Å². The Morgan fingerprint density at radius 2 is 1.96 bits per heavy atom.